The van der Waals surface area contributed by atoms with Crippen LogP contribution in [0.25, 0.3) is 0 Å². The molecule has 0 aliphatic rings. The Morgan fingerprint density at radius 2 is 2.00 bits per heavy atom. The van der Waals surface area contributed by atoms with Gasteiger partial charge in [-0.15, -0.1) is 0 Å². The number of carbonyl (C=O) groups excluding carboxylic acids is 2. The molecule has 4 N–H and O–H groups in total. The molecule has 0 saturated carbocycles. The zero-order valence-corrected chi connectivity index (χ0v) is 11.9. The molecule has 6 nitrogen and oxygen atoms in total. The number of hydrogen-bond acceptors (Lipinski definition) is 5. The van der Waals surface area contributed by atoms with E-state index in [0.717, 1.165) is 0 Å². The Balaban J connectivity index is 2.78. The quantitative estimate of drug-likeness (QED) is 0.734. The van der Waals surface area contributed by atoms with Crippen molar-refractivity contribution in [3.8, 4) is 5.75 Å². The Kier molecular flexibility index (Phi) is 5.10. The van der Waals surface area contributed by atoms with E-state index in [1.54, 1.807) is 20.8 Å². The summed E-state index contributed by atoms with van der Waals surface area (Å²) in [6, 6.07) is 4.26. The standard InChI is InChI=1S/C14H20N2O4/c1-14(2,3)20-13(19)16-9-4-5-10(12(18)8-9)11(17)6-7-15/h4-5,8,18H,6-7,15H2,1-3H3,(H,16,19). The summed E-state index contributed by atoms with van der Waals surface area (Å²) in [7, 11) is 0. The van der Waals surface area contributed by atoms with Crippen molar-refractivity contribution in [2.24, 2.45) is 5.73 Å². The first-order chi connectivity index (χ1) is 9.23. The second-order valence-corrected chi connectivity index (χ2v) is 5.32. The topological polar surface area (TPSA) is 102 Å². The van der Waals surface area contributed by atoms with Crippen LogP contribution in [0, 0.1) is 0 Å². The van der Waals surface area contributed by atoms with E-state index < -0.39 is 11.7 Å². The molecule has 0 aliphatic carbocycles. The van der Waals surface area contributed by atoms with Crippen LogP contribution in [0.4, 0.5) is 10.5 Å². The van der Waals surface area contributed by atoms with E-state index in [4.69, 9.17) is 10.5 Å². The Morgan fingerprint density at radius 3 is 2.50 bits per heavy atom. The van der Waals surface area contributed by atoms with Gasteiger partial charge in [-0.05, 0) is 39.4 Å². The highest BCUT2D eigenvalue weighted by atomic mass is 16.6. The summed E-state index contributed by atoms with van der Waals surface area (Å²) in [6.07, 6.45) is -0.468. The maximum absolute atomic E-state index is 11.6. The van der Waals surface area contributed by atoms with E-state index in [-0.39, 0.29) is 30.1 Å². The van der Waals surface area contributed by atoms with Gasteiger partial charge in [0.05, 0.1) is 5.56 Å². The Morgan fingerprint density at radius 1 is 1.35 bits per heavy atom. The monoisotopic (exact) mass is 280 g/mol. The highest BCUT2D eigenvalue weighted by molar-refractivity contribution is 5.99. The molecule has 0 fully saturated rings. The van der Waals surface area contributed by atoms with Crippen molar-refractivity contribution in [2.75, 3.05) is 11.9 Å². The van der Waals surface area contributed by atoms with Crippen molar-refractivity contribution < 1.29 is 19.4 Å². The van der Waals surface area contributed by atoms with E-state index in [0.29, 0.717) is 5.69 Å². The van der Waals surface area contributed by atoms with Gasteiger partial charge in [0.15, 0.2) is 5.78 Å². The van der Waals surface area contributed by atoms with Crippen LogP contribution in [-0.2, 0) is 4.74 Å². The summed E-state index contributed by atoms with van der Waals surface area (Å²) < 4.78 is 5.08. The molecule has 110 valence electrons. The van der Waals surface area contributed by atoms with Crippen molar-refractivity contribution in [3.05, 3.63) is 23.8 Å². The van der Waals surface area contributed by atoms with Gasteiger partial charge in [-0.1, -0.05) is 0 Å². The fraction of sp³-hybridized carbons (Fsp3) is 0.429. The predicted octanol–water partition coefficient (Wildman–Crippen LogP) is 2.27. The van der Waals surface area contributed by atoms with Gasteiger partial charge in [-0.25, -0.2) is 4.79 Å². The normalized spacial score (nSPS) is 11.0. The minimum Gasteiger partial charge on any atom is -0.507 e. The molecule has 0 atom stereocenters. The van der Waals surface area contributed by atoms with Gasteiger partial charge < -0.3 is 15.6 Å². The Hall–Kier alpha value is -2.08. The Bertz CT molecular complexity index is 506. The number of ketones is 1. The molecule has 6 heteroatoms. The lowest BCUT2D eigenvalue weighted by Gasteiger charge is -2.19. The first kappa shape index (κ1) is 16.0. The molecule has 1 aromatic carbocycles. The zero-order valence-electron chi connectivity index (χ0n) is 11.9. The second-order valence-electron chi connectivity index (χ2n) is 5.32. The van der Waals surface area contributed by atoms with Crippen LogP contribution in [0.3, 0.4) is 0 Å². The second kappa shape index (κ2) is 6.38. The minimum atomic E-state index is -0.627. The summed E-state index contributed by atoms with van der Waals surface area (Å²) in [5.41, 5.74) is 5.22. The lowest BCUT2D eigenvalue weighted by molar-refractivity contribution is 0.0636. The van der Waals surface area contributed by atoms with E-state index in [1.165, 1.54) is 18.2 Å². The van der Waals surface area contributed by atoms with Gasteiger partial charge in [0, 0.05) is 18.2 Å². The SMILES string of the molecule is CC(C)(C)OC(=O)Nc1ccc(C(=O)CCN)c(O)c1. The molecular formula is C14H20N2O4. The number of nitrogens with one attached hydrogen (secondary N) is 1. The third-order valence-corrected chi connectivity index (χ3v) is 2.31. The predicted molar refractivity (Wildman–Crippen MR) is 76.0 cm³/mol. The molecule has 0 radical (unpaired) electrons. The number of phenols is 1. The number of Topliss-reactive ketones (excluding diaryl/α,β-unsaturated/α-hetero) is 1. The van der Waals surface area contributed by atoms with E-state index >= 15 is 0 Å². The molecule has 0 aliphatic heterocycles. The van der Waals surface area contributed by atoms with Crippen molar-refractivity contribution in [1.29, 1.82) is 0 Å². The molecule has 1 amide bonds. The maximum Gasteiger partial charge on any atom is 0.412 e. The Labute approximate surface area is 117 Å². The van der Waals surface area contributed by atoms with Crippen molar-refractivity contribution in [1.82, 2.24) is 0 Å². The minimum absolute atomic E-state index is 0.159. The van der Waals surface area contributed by atoms with Crippen molar-refractivity contribution in [3.63, 3.8) is 0 Å². The zero-order chi connectivity index (χ0) is 15.3. The summed E-state index contributed by atoms with van der Waals surface area (Å²) in [4.78, 5) is 23.2. The van der Waals surface area contributed by atoms with Crippen LogP contribution in [0.2, 0.25) is 0 Å². The molecule has 0 unspecified atom stereocenters. The summed E-state index contributed by atoms with van der Waals surface area (Å²) in [5, 5.41) is 12.3. The number of nitrogens with two attached hydrogens (primary N) is 1. The fourth-order valence-electron chi connectivity index (χ4n) is 1.53. The van der Waals surface area contributed by atoms with E-state index in [9.17, 15) is 14.7 Å². The number of anilines is 1. The summed E-state index contributed by atoms with van der Waals surface area (Å²) in [6.45, 7) is 5.46. The van der Waals surface area contributed by atoms with Crippen LogP contribution in [0.1, 0.15) is 37.6 Å². The molecular weight excluding hydrogens is 260 g/mol. The molecule has 0 aromatic heterocycles. The third kappa shape index (κ3) is 4.89. The number of hydrogen-bond donors (Lipinski definition) is 3. The van der Waals surface area contributed by atoms with Gasteiger partial charge in [0.1, 0.15) is 11.4 Å². The number of phenolic OH excluding ortho intramolecular Hbond substituents is 1. The first-order valence-corrected chi connectivity index (χ1v) is 6.29. The van der Waals surface area contributed by atoms with Crippen LogP contribution >= 0.6 is 0 Å². The van der Waals surface area contributed by atoms with Gasteiger partial charge in [0.2, 0.25) is 0 Å². The highest BCUT2D eigenvalue weighted by Crippen LogP contribution is 2.23. The van der Waals surface area contributed by atoms with E-state index in [2.05, 4.69) is 5.32 Å². The third-order valence-electron chi connectivity index (χ3n) is 2.31. The van der Waals surface area contributed by atoms with Crippen LogP contribution in [-0.4, -0.2) is 29.1 Å². The number of benzene rings is 1. The lowest BCUT2D eigenvalue weighted by atomic mass is 10.1. The maximum atomic E-state index is 11.6. The average molecular weight is 280 g/mol. The largest absolute Gasteiger partial charge is 0.507 e. The van der Waals surface area contributed by atoms with Crippen molar-refractivity contribution >= 4 is 17.6 Å². The lowest BCUT2D eigenvalue weighted by Crippen LogP contribution is -2.27. The van der Waals surface area contributed by atoms with Crippen LogP contribution in [0.5, 0.6) is 5.75 Å². The molecule has 20 heavy (non-hydrogen) atoms. The van der Waals surface area contributed by atoms with Crippen molar-refractivity contribution in [2.45, 2.75) is 32.8 Å². The number of carbonyl (C=O) groups is 2. The number of ether oxygens (including phenoxy) is 1. The molecule has 0 heterocycles. The fourth-order valence-corrected chi connectivity index (χ4v) is 1.53. The molecule has 0 saturated heterocycles. The molecule has 1 rings (SSSR count). The van der Waals surface area contributed by atoms with E-state index in [1.807, 2.05) is 0 Å². The molecule has 0 spiro atoms. The smallest absolute Gasteiger partial charge is 0.412 e. The van der Waals surface area contributed by atoms with Gasteiger partial charge >= 0.3 is 6.09 Å². The molecule has 0 bridgehead atoms. The highest BCUT2D eigenvalue weighted by Gasteiger charge is 2.17. The first-order valence-electron chi connectivity index (χ1n) is 6.29. The average Bonchev–Trinajstić information content (AvgIpc) is 2.26. The van der Waals surface area contributed by atoms with Gasteiger partial charge in [-0.2, -0.15) is 0 Å². The van der Waals surface area contributed by atoms with Gasteiger partial charge in [-0.3, -0.25) is 10.1 Å². The summed E-state index contributed by atoms with van der Waals surface area (Å²) in [5.74, 6) is -0.439. The molecule has 1 aromatic rings. The summed E-state index contributed by atoms with van der Waals surface area (Å²) >= 11 is 0. The number of aromatic hydroxyl groups is 1. The van der Waals surface area contributed by atoms with Crippen LogP contribution in [0.15, 0.2) is 18.2 Å². The number of amides is 1. The van der Waals surface area contributed by atoms with Crippen LogP contribution < -0.4 is 11.1 Å². The number of rotatable bonds is 4. The van der Waals surface area contributed by atoms with Gasteiger partial charge in [0.25, 0.3) is 0 Å².